The molecule has 4 nitrogen and oxygen atoms in total. The van der Waals surface area contributed by atoms with E-state index >= 15 is 0 Å². The number of hydrogen-bond acceptors (Lipinski definition) is 3. The summed E-state index contributed by atoms with van der Waals surface area (Å²) in [6, 6.07) is 22.1. The number of carbonyl (C=O) groups is 1. The van der Waals surface area contributed by atoms with Crippen molar-refractivity contribution in [3.8, 4) is 0 Å². The fourth-order valence-corrected chi connectivity index (χ4v) is 3.45. The van der Waals surface area contributed by atoms with Gasteiger partial charge >= 0.3 is 0 Å². The Kier molecular flexibility index (Phi) is 4.12. The second-order valence-electron chi connectivity index (χ2n) is 6.15. The quantitative estimate of drug-likeness (QED) is 0.783. The SMILES string of the molecule is COCCN1C(=O)c2ccccc2NC1c1cccc2ccccc12. The Bertz CT molecular complexity index is 917. The lowest BCUT2D eigenvalue weighted by molar-refractivity contribution is 0.0611. The van der Waals surface area contributed by atoms with Crippen LogP contribution in [0.25, 0.3) is 10.8 Å². The first-order chi connectivity index (χ1) is 12.3. The molecule has 1 N–H and O–H groups in total. The third-order valence-electron chi connectivity index (χ3n) is 4.68. The lowest BCUT2D eigenvalue weighted by Crippen LogP contribution is -2.44. The van der Waals surface area contributed by atoms with Gasteiger partial charge in [0, 0.05) is 24.9 Å². The van der Waals surface area contributed by atoms with Gasteiger partial charge in [-0.1, -0.05) is 54.6 Å². The maximum absolute atomic E-state index is 13.1. The summed E-state index contributed by atoms with van der Waals surface area (Å²) in [6.45, 7) is 1.03. The molecule has 1 heterocycles. The number of benzene rings is 3. The second-order valence-corrected chi connectivity index (χ2v) is 6.15. The molecule has 25 heavy (non-hydrogen) atoms. The maximum Gasteiger partial charge on any atom is 0.257 e. The van der Waals surface area contributed by atoms with Crippen LogP contribution in [0.4, 0.5) is 5.69 Å². The molecule has 3 aromatic rings. The van der Waals surface area contributed by atoms with Gasteiger partial charge in [0.05, 0.1) is 12.2 Å². The Morgan fingerprint density at radius 1 is 1.00 bits per heavy atom. The minimum atomic E-state index is -0.219. The lowest BCUT2D eigenvalue weighted by atomic mass is 9.98. The van der Waals surface area contributed by atoms with Crippen molar-refractivity contribution in [3.63, 3.8) is 0 Å². The summed E-state index contributed by atoms with van der Waals surface area (Å²) in [4.78, 5) is 14.9. The predicted molar refractivity (Wildman–Crippen MR) is 99.7 cm³/mol. The highest BCUT2D eigenvalue weighted by molar-refractivity contribution is 6.02. The predicted octanol–water partition coefficient (Wildman–Crippen LogP) is 4.05. The van der Waals surface area contributed by atoms with Gasteiger partial charge < -0.3 is 15.0 Å². The summed E-state index contributed by atoms with van der Waals surface area (Å²) in [5.41, 5.74) is 2.67. The molecular formula is C21H20N2O2. The van der Waals surface area contributed by atoms with Crippen LogP contribution in [-0.4, -0.2) is 31.1 Å². The van der Waals surface area contributed by atoms with Crippen LogP contribution in [0.2, 0.25) is 0 Å². The van der Waals surface area contributed by atoms with E-state index in [-0.39, 0.29) is 12.1 Å². The average molecular weight is 332 g/mol. The zero-order chi connectivity index (χ0) is 17.2. The van der Waals surface area contributed by atoms with Gasteiger partial charge in [-0.25, -0.2) is 0 Å². The van der Waals surface area contributed by atoms with E-state index in [4.69, 9.17) is 4.74 Å². The van der Waals surface area contributed by atoms with E-state index < -0.39 is 0 Å². The van der Waals surface area contributed by atoms with E-state index in [1.54, 1.807) is 7.11 Å². The summed E-state index contributed by atoms with van der Waals surface area (Å²) in [7, 11) is 1.66. The molecule has 1 unspecified atom stereocenters. The van der Waals surface area contributed by atoms with Crippen LogP contribution in [-0.2, 0) is 4.74 Å². The van der Waals surface area contributed by atoms with Crippen LogP contribution < -0.4 is 5.32 Å². The summed E-state index contributed by atoms with van der Waals surface area (Å²) in [5.74, 6) is 0.0318. The van der Waals surface area contributed by atoms with Crippen LogP contribution in [0.15, 0.2) is 66.7 Å². The number of ether oxygens (including phenoxy) is 1. The number of nitrogens with zero attached hydrogens (tertiary/aromatic N) is 1. The largest absolute Gasteiger partial charge is 0.383 e. The minimum Gasteiger partial charge on any atom is -0.383 e. The first-order valence-electron chi connectivity index (χ1n) is 8.43. The number of carbonyl (C=O) groups excluding carboxylic acids is 1. The van der Waals surface area contributed by atoms with Crippen molar-refractivity contribution >= 4 is 22.4 Å². The molecule has 1 atom stereocenters. The van der Waals surface area contributed by atoms with E-state index in [1.165, 1.54) is 5.39 Å². The number of fused-ring (bicyclic) bond motifs is 2. The molecule has 4 heteroatoms. The van der Waals surface area contributed by atoms with E-state index in [1.807, 2.05) is 47.4 Å². The Hall–Kier alpha value is -2.85. The molecule has 0 bridgehead atoms. The molecule has 0 spiro atoms. The molecule has 126 valence electrons. The Balaban J connectivity index is 1.84. The number of amides is 1. The molecule has 0 radical (unpaired) electrons. The molecule has 0 saturated heterocycles. The van der Waals surface area contributed by atoms with E-state index in [9.17, 15) is 4.79 Å². The zero-order valence-electron chi connectivity index (χ0n) is 14.1. The number of hydrogen-bond donors (Lipinski definition) is 1. The van der Waals surface area contributed by atoms with Crippen LogP contribution in [0.3, 0.4) is 0 Å². The van der Waals surface area contributed by atoms with Crippen LogP contribution in [0.1, 0.15) is 22.1 Å². The first-order valence-corrected chi connectivity index (χ1v) is 8.43. The summed E-state index contributed by atoms with van der Waals surface area (Å²) >= 11 is 0. The topological polar surface area (TPSA) is 41.6 Å². The molecule has 4 rings (SSSR count). The van der Waals surface area contributed by atoms with Crippen molar-refractivity contribution in [2.45, 2.75) is 6.17 Å². The van der Waals surface area contributed by atoms with E-state index in [0.717, 1.165) is 16.6 Å². The molecule has 0 fully saturated rings. The highest BCUT2D eigenvalue weighted by Gasteiger charge is 2.33. The fourth-order valence-electron chi connectivity index (χ4n) is 3.45. The van der Waals surface area contributed by atoms with Crippen molar-refractivity contribution < 1.29 is 9.53 Å². The van der Waals surface area contributed by atoms with Crippen molar-refractivity contribution in [1.82, 2.24) is 4.90 Å². The van der Waals surface area contributed by atoms with Crippen LogP contribution in [0, 0.1) is 0 Å². The number of nitrogens with one attached hydrogen (secondary N) is 1. The minimum absolute atomic E-state index is 0.0318. The highest BCUT2D eigenvalue weighted by Crippen LogP contribution is 2.35. The van der Waals surface area contributed by atoms with Crippen LogP contribution >= 0.6 is 0 Å². The third-order valence-corrected chi connectivity index (χ3v) is 4.68. The first kappa shape index (κ1) is 15.7. The lowest BCUT2D eigenvalue weighted by Gasteiger charge is -2.38. The van der Waals surface area contributed by atoms with Gasteiger partial charge in [-0.05, 0) is 22.9 Å². The van der Waals surface area contributed by atoms with Crippen molar-refractivity contribution in [3.05, 3.63) is 77.9 Å². The molecule has 1 aliphatic rings. The Labute approximate surface area is 147 Å². The summed E-state index contributed by atoms with van der Waals surface area (Å²) < 4.78 is 5.23. The van der Waals surface area contributed by atoms with Gasteiger partial charge in [0.25, 0.3) is 5.91 Å². The van der Waals surface area contributed by atoms with E-state index in [2.05, 4.69) is 29.6 Å². The number of rotatable bonds is 4. The Morgan fingerprint density at radius 2 is 1.76 bits per heavy atom. The van der Waals surface area contributed by atoms with Crippen molar-refractivity contribution in [1.29, 1.82) is 0 Å². The smallest absolute Gasteiger partial charge is 0.257 e. The van der Waals surface area contributed by atoms with Gasteiger partial charge in [0.1, 0.15) is 6.17 Å². The number of para-hydroxylation sites is 1. The van der Waals surface area contributed by atoms with Gasteiger partial charge in [-0.3, -0.25) is 4.79 Å². The number of methoxy groups -OCH3 is 1. The normalized spacial score (nSPS) is 16.6. The van der Waals surface area contributed by atoms with Gasteiger partial charge in [0.15, 0.2) is 0 Å². The fraction of sp³-hybridized carbons (Fsp3) is 0.190. The zero-order valence-corrected chi connectivity index (χ0v) is 14.1. The van der Waals surface area contributed by atoms with Crippen molar-refractivity contribution in [2.24, 2.45) is 0 Å². The highest BCUT2D eigenvalue weighted by atomic mass is 16.5. The second kappa shape index (κ2) is 6.57. The molecule has 1 aliphatic heterocycles. The molecule has 0 aliphatic carbocycles. The molecule has 0 aromatic heterocycles. The molecular weight excluding hydrogens is 312 g/mol. The van der Waals surface area contributed by atoms with Gasteiger partial charge in [-0.15, -0.1) is 0 Å². The molecule has 3 aromatic carbocycles. The molecule has 0 saturated carbocycles. The maximum atomic E-state index is 13.1. The number of anilines is 1. The third kappa shape index (κ3) is 2.75. The summed E-state index contributed by atoms with van der Waals surface area (Å²) in [6.07, 6.45) is -0.219. The van der Waals surface area contributed by atoms with Gasteiger partial charge in [0.2, 0.25) is 0 Å². The van der Waals surface area contributed by atoms with Crippen molar-refractivity contribution in [2.75, 3.05) is 25.6 Å². The Morgan fingerprint density at radius 3 is 2.64 bits per heavy atom. The molecule has 1 amide bonds. The van der Waals surface area contributed by atoms with Gasteiger partial charge in [-0.2, -0.15) is 0 Å². The monoisotopic (exact) mass is 332 g/mol. The standard InChI is InChI=1S/C21H20N2O2/c1-25-14-13-23-20(22-19-12-5-4-10-18(19)21(23)24)17-11-6-8-15-7-2-3-9-16(15)17/h2-12,20,22H,13-14H2,1H3. The van der Waals surface area contributed by atoms with E-state index in [0.29, 0.717) is 18.7 Å². The van der Waals surface area contributed by atoms with Crippen LogP contribution in [0.5, 0.6) is 0 Å². The average Bonchev–Trinajstić information content (AvgIpc) is 2.67. The summed E-state index contributed by atoms with van der Waals surface area (Å²) in [5, 5.41) is 5.86.